The average Bonchev–Trinajstić information content (AvgIpc) is 0.982. The van der Waals surface area contributed by atoms with Crippen LogP contribution in [0.4, 0.5) is 0 Å². The Bertz CT molecular complexity index is 1930. The number of unbranched alkanes of at least 4 members (excludes halogenated alkanes) is 48. The first kappa shape index (κ1) is 98.1. The van der Waals surface area contributed by atoms with Crippen molar-refractivity contribution in [3.8, 4) is 0 Å². The topological polar surface area (TPSA) is 237 Å². The minimum Gasteiger partial charge on any atom is -0.462 e. The number of hydrogen-bond acceptors (Lipinski definition) is 15. The monoisotopic (exact) mass is 1470 g/mol. The van der Waals surface area contributed by atoms with E-state index in [1.54, 1.807) is 0 Å². The summed E-state index contributed by atoms with van der Waals surface area (Å²) in [6.07, 6.45) is 62.4. The molecule has 0 heterocycles. The van der Waals surface area contributed by atoms with Crippen LogP contribution >= 0.6 is 15.6 Å². The molecule has 0 spiro atoms. The van der Waals surface area contributed by atoms with Crippen LogP contribution in [0.15, 0.2) is 0 Å². The van der Waals surface area contributed by atoms with E-state index in [2.05, 4.69) is 41.5 Å². The van der Waals surface area contributed by atoms with Gasteiger partial charge in [0, 0.05) is 25.7 Å². The minimum atomic E-state index is -4.96. The van der Waals surface area contributed by atoms with Gasteiger partial charge < -0.3 is 33.8 Å². The first-order valence-corrected chi connectivity index (χ1v) is 45.1. The molecular formula is C81H158O17P2. The van der Waals surface area contributed by atoms with Gasteiger partial charge in [-0.25, -0.2) is 9.13 Å². The zero-order valence-electron chi connectivity index (χ0n) is 65.5. The molecule has 594 valence electrons. The van der Waals surface area contributed by atoms with Gasteiger partial charge >= 0.3 is 39.5 Å². The molecule has 0 aromatic heterocycles. The second-order valence-corrected chi connectivity index (χ2v) is 32.6. The van der Waals surface area contributed by atoms with E-state index in [4.69, 9.17) is 37.0 Å². The Morgan fingerprint density at radius 3 is 0.710 bits per heavy atom. The van der Waals surface area contributed by atoms with Gasteiger partial charge in [0.15, 0.2) is 12.2 Å². The SMILES string of the molecule is CCCCCCCCCCCCCCCCCCCCCCC(=O)O[C@H](COC(=O)CCCCCCCCCCCCCCCCCC)COP(=O)(O)OC[C@@H](O)COP(=O)(O)OC[C@@H](COC(=O)CCCCCCCCC(C)CC)OC(=O)CCCCCCCCCCCCC(C)CC. The fraction of sp³-hybridized carbons (Fsp3) is 0.951. The van der Waals surface area contributed by atoms with E-state index in [-0.39, 0.29) is 25.7 Å². The molecule has 0 aliphatic rings. The van der Waals surface area contributed by atoms with Gasteiger partial charge in [0.25, 0.3) is 0 Å². The van der Waals surface area contributed by atoms with Crippen LogP contribution in [0.5, 0.6) is 0 Å². The number of ether oxygens (including phenoxy) is 4. The largest absolute Gasteiger partial charge is 0.472 e. The van der Waals surface area contributed by atoms with Crippen LogP contribution in [0.2, 0.25) is 0 Å². The third kappa shape index (κ3) is 71.7. The predicted molar refractivity (Wildman–Crippen MR) is 409 cm³/mol. The highest BCUT2D eigenvalue weighted by molar-refractivity contribution is 7.47. The number of phosphoric acid groups is 2. The summed E-state index contributed by atoms with van der Waals surface area (Å²) in [7, 11) is -9.92. The Morgan fingerprint density at radius 2 is 0.480 bits per heavy atom. The molecule has 0 amide bonds. The number of esters is 4. The highest BCUT2D eigenvalue weighted by atomic mass is 31.2. The molecule has 0 aliphatic carbocycles. The van der Waals surface area contributed by atoms with Gasteiger partial charge in [-0.2, -0.15) is 0 Å². The van der Waals surface area contributed by atoms with E-state index in [9.17, 15) is 43.2 Å². The summed E-state index contributed by atoms with van der Waals surface area (Å²) in [5.74, 6) is -0.576. The number of carbonyl (C=O) groups excluding carboxylic acids is 4. The molecule has 0 bridgehead atoms. The molecule has 0 fully saturated rings. The van der Waals surface area contributed by atoms with Gasteiger partial charge in [-0.3, -0.25) is 37.3 Å². The summed E-state index contributed by atoms with van der Waals surface area (Å²) in [6.45, 7) is 9.62. The lowest BCUT2D eigenvalue weighted by Crippen LogP contribution is -2.30. The summed E-state index contributed by atoms with van der Waals surface area (Å²) in [6, 6.07) is 0. The highest BCUT2D eigenvalue weighted by Crippen LogP contribution is 2.45. The van der Waals surface area contributed by atoms with Crippen molar-refractivity contribution in [1.29, 1.82) is 0 Å². The maximum atomic E-state index is 13.1. The number of aliphatic hydroxyl groups excluding tert-OH is 1. The molecule has 3 N–H and O–H groups in total. The van der Waals surface area contributed by atoms with Gasteiger partial charge in [0.2, 0.25) is 0 Å². The van der Waals surface area contributed by atoms with Crippen molar-refractivity contribution in [2.24, 2.45) is 11.8 Å². The molecule has 0 saturated heterocycles. The first-order valence-electron chi connectivity index (χ1n) is 42.1. The number of phosphoric ester groups is 2. The van der Waals surface area contributed by atoms with Gasteiger partial charge in [-0.15, -0.1) is 0 Å². The summed E-state index contributed by atoms with van der Waals surface area (Å²) >= 11 is 0. The van der Waals surface area contributed by atoms with E-state index in [0.717, 1.165) is 108 Å². The molecule has 0 aromatic rings. The second-order valence-electron chi connectivity index (χ2n) is 29.6. The number of aliphatic hydroxyl groups is 1. The van der Waals surface area contributed by atoms with E-state index >= 15 is 0 Å². The summed E-state index contributed by atoms with van der Waals surface area (Å²) in [4.78, 5) is 73.0. The fourth-order valence-corrected chi connectivity index (χ4v) is 14.1. The molecule has 0 saturated carbocycles. The summed E-state index contributed by atoms with van der Waals surface area (Å²) in [5.41, 5.74) is 0. The van der Waals surface area contributed by atoms with Crippen LogP contribution in [-0.4, -0.2) is 96.7 Å². The standard InChI is InChI=1S/C81H158O17P2/c1-7-11-13-15-17-19-21-23-25-27-28-29-30-32-34-36-41-45-53-59-65-80(85)97-76(69-91-78(83)63-57-51-44-40-35-33-31-26-24-22-20-18-16-14-12-8-2)71-95-99(87,88)93-67-75(82)68-94-100(89,90)96-72-77(70-92-79(84)64-58-52-48-47-50-56-62-74(6)10-4)98-81(86)66-60-54-46-42-38-37-39-43-49-55-61-73(5)9-3/h73-77,82H,7-72H2,1-6H3,(H,87,88)(H,89,90)/t73?,74?,75-,76-,77-/m1/s1. The molecule has 7 atom stereocenters. The van der Waals surface area contributed by atoms with Crippen LogP contribution in [-0.2, 0) is 65.4 Å². The average molecular weight is 1470 g/mol. The lowest BCUT2D eigenvalue weighted by atomic mass is 9.99. The Morgan fingerprint density at radius 1 is 0.280 bits per heavy atom. The minimum absolute atomic E-state index is 0.106. The third-order valence-electron chi connectivity index (χ3n) is 19.7. The van der Waals surface area contributed by atoms with Crippen molar-refractivity contribution in [2.45, 2.75) is 445 Å². The van der Waals surface area contributed by atoms with Gasteiger partial charge in [0.1, 0.15) is 19.3 Å². The van der Waals surface area contributed by atoms with Gasteiger partial charge in [-0.1, -0.05) is 375 Å². The third-order valence-corrected chi connectivity index (χ3v) is 21.6. The molecule has 0 aromatic carbocycles. The maximum absolute atomic E-state index is 13.1. The first-order chi connectivity index (χ1) is 48.4. The lowest BCUT2D eigenvalue weighted by Gasteiger charge is -2.21. The molecule has 0 aliphatic heterocycles. The summed E-state index contributed by atoms with van der Waals surface area (Å²) in [5, 5.41) is 10.6. The molecule has 0 rings (SSSR count). The molecule has 4 unspecified atom stereocenters. The van der Waals surface area contributed by atoms with Crippen LogP contribution in [0.3, 0.4) is 0 Å². The van der Waals surface area contributed by atoms with Crippen molar-refractivity contribution >= 4 is 39.5 Å². The quantitative estimate of drug-likeness (QED) is 0.0222. The van der Waals surface area contributed by atoms with E-state index in [1.165, 1.54) is 238 Å². The normalized spacial score (nSPS) is 14.4. The van der Waals surface area contributed by atoms with Crippen LogP contribution in [0.25, 0.3) is 0 Å². The lowest BCUT2D eigenvalue weighted by molar-refractivity contribution is -0.161. The Hall–Kier alpha value is -1.94. The molecule has 0 radical (unpaired) electrons. The van der Waals surface area contributed by atoms with E-state index in [0.29, 0.717) is 25.7 Å². The Balaban J connectivity index is 5.24. The highest BCUT2D eigenvalue weighted by Gasteiger charge is 2.30. The van der Waals surface area contributed by atoms with Crippen LogP contribution in [0, 0.1) is 11.8 Å². The Labute approximate surface area is 613 Å². The van der Waals surface area contributed by atoms with Gasteiger partial charge in [-0.05, 0) is 37.5 Å². The smallest absolute Gasteiger partial charge is 0.462 e. The number of rotatable bonds is 80. The maximum Gasteiger partial charge on any atom is 0.472 e. The second kappa shape index (κ2) is 72.6. The molecular weight excluding hydrogens is 1310 g/mol. The van der Waals surface area contributed by atoms with Crippen molar-refractivity contribution in [3.05, 3.63) is 0 Å². The predicted octanol–water partition coefficient (Wildman–Crippen LogP) is 24.3. The van der Waals surface area contributed by atoms with Crippen molar-refractivity contribution < 1.29 is 80.2 Å². The fourth-order valence-electron chi connectivity index (χ4n) is 12.5. The molecule has 19 heteroatoms. The molecule has 17 nitrogen and oxygen atoms in total. The zero-order valence-corrected chi connectivity index (χ0v) is 67.3. The van der Waals surface area contributed by atoms with Crippen molar-refractivity contribution in [3.63, 3.8) is 0 Å². The summed E-state index contributed by atoms with van der Waals surface area (Å²) < 4.78 is 68.7. The molecule has 100 heavy (non-hydrogen) atoms. The van der Waals surface area contributed by atoms with Gasteiger partial charge in [0.05, 0.1) is 26.4 Å². The van der Waals surface area contributed by atoms with Crippen LogP contribution < -0.4 is 0 Å². The van der Waals surface area contributed by atoms with E-state index < -0.39 is 97.5 Å². The van der Waals surface area contributed by atoms with Crippen LogP contribution in [0.1, 0.15) is 427 Å². The van der Waals surface area contributed by atoms with E-state index in [1.807, 2.05) is 0 Å². The number of hydrogen-bond donors (Lipinski definition) is 3. The number of carbonyl (C=O) groups is 4. The van der Waals surface area contributed by atoms with Crippen molar-refractivity contribution in [1.82, 2.24) is 0 Å². The zero-order chi connectivity index (χ0) is 73.5. The Kier molecular flexibility index (Phi) is 71.2. The van der Waals surface area contributed by atoms with Crippen molar-refractivity contribution in [2.75, 3.05) is 39.6 Å².